The van der Waals surface area contributed by atoms with E-state index in [2.05, 4.69) is 0 Å². The molecule has 128 valence electrons. The lowest BCUT2D eigenvalue weighted by Gasteiger charge is -2.50. The zero-order valence-electron chi connectivity index (χ0n) is 14.8. The Balaban J connectivity index is 2.23. The summed E-state index contributed by atoms with van der Waals surface area (Å²) in [6.45, 7) is 7.90. The van der Waals surface area contributed by atoms with Crippen LogP contribution in [0.15, 0.2) is 30.3 Å². The highest BCUT2D eigenvalue weighted by Gasteiger charge is 2.48. The zero-order chi connectivity index (χ0) is 17.3. The molecule has 23 heavy (non-hydrogen) atoms. The fraction of sp³-hybridized carbons (Fsp3) is 0.611. The van der Waals surface area contributed by atoms with Crippen LogP contribution in [0, 0.1) is 0 Å². The van der Waals surface area contributed by atoms with Crippen molar-refractivity contribution in [3.8, 4) is 0 Å². The van der Waals surface area contributed by atoms with Gasteiger partial charge >= 0.3 is 6.09 Å². The van der Waals surface area contributed by atoms with Gasteiger partial charge in [-0.15, -0.1) is 0 Å². The number of carbonyl (C=O) groups excluding carboxylic acids is 1. The van der Waals surface area contributed by atoms with Crippen molar-refractivity contribution in [2.75, 3.05) is 13.7 Å². The molecule has 5 heteroatoms. The lowest BCUT2D eigenvalue weighted by Crippen LogP contribution is -2.64. The highest BCUT2D eigenvalue weighted by Crippen LogP contribution is 2.41. The van der Waals surface area contributed by atoms with E-state index in [1.807, 2.05) is 58.0 Å². The van der Waals surface area contributed by atoms with Crippen LogP contribution in [0.25, 0.3) is 0 Å². The van der Waals surface area contributed by atoms with Gasteiger partial charge in [-0.2, -0.15) is 0 Å². The molecule has 2 atom stereocenters. The van der Waals surface area contributed by atoms with Crippen LogP contribution in [0.1, 0.15) is 46.1 Å². The van der Waals surface area contributed by atoms with Gasteiger partial charge in [-0.3, -0.25) is 4.90 Å². The Labute approximate surface area is 138 Å². The standard InChI is InChI=1S/C18H28N2O3/c1-16(2,3)23-15(21)20-12-11-18(22-5,13-17(20,4)19)14-9-7-6-8-10-14/h6-10H,11-13,19H2,1-5H3. The summed E-state index contributed by atoms with van der Waals surface area (Å²) in [5.74, 6) is 0. The first kappa shape index (κ1) is 17.8. The summed E-state index contributed by atoms with van der Waals surface area (Å²) in [6.07, 6.45) is 0.819. The zero-order valence-corrected chi connectivity index (χ0v) is 14.8. The number of amides is 1. The van der Waals surface area contributed by atoms with Crippen LogP contribution in [0.2, 0.25) is 0 Å². The molecule has 0 bridgehead atoms. The Morgan fingerprint density at radius 3 is 2.35 bits per heavy atom. The third kappa shape index (κ3) is 3.85. The van der Waals surface area contributed by atoms with Crippen molar-refractivity contribution in [1.29, 1.82) is 0 Å². The predicted molar refractivity (Wildman–Crippen MR) is 89.9 cm³/mol. The van der Waals surface area contributed by atoms with E-state index in [0.29, 0.717) is 19.4 Å². The lowest BCUT2D eigenvalue weighted by atomic mass is 9.78. The van der Waals surface area contributed by atoms with Crippen LogP contribution in [-0.4, -0.2) is 35.9 Å². The van der Waals surface area contributed by atoms with Crippen LogP contribution >= 0.6 is 0 Å². The molecule has 2 N–H and O–H groups in total. The Hall–Kier alpha value is -1.59. The van der Waals surface area contributed by atoms with Crippen molar-refractivity contribution >= 4 is 6.09 Å². The molecule has 1 heterocycles. The van der Waals surface area contributed by atoms with Crippen molar-refractivity contribution in [3.05, 3.63) is 35.9 Å². The number of ether oxygens (including phenoxy) is 2. The monoisotopic (exact) mass is 320 g/mol. The number of hydrogen-bond donors (Lipinski definition) is 1. The molecular weight excluding hydrogens is 292 g/mol. The van der Waals surface area contributed by atoms with Gasteiger partial charge in [-0.25, -0.2) is 4.79 Å². The molecular formula is C18H28N2O3. The second-order valence-corrected chi connectivity index (χ2v) is 7.48. The first-order valence-electron chi connectivity index (χ1n) is 8.00. The van der Waals surface area contributed by atoms with E-state index in [-0.39, 0.29) is 6.09 Å². The second kappa shape index (κ2) is 6.13. The Kier molecular flexibility index (Phi) is 4.74. The van der Waals surface area contributed by atoms with Crippen molar-refractivity contribution in [2.45, 2.75) is 57.4 Å². The molecule has 1 saturated heterocycles. The highest BCUT2D eigenvalue weighted by molar-refractivity contribution is 5.69. The summed E-state index contributed by atoms with van der Waals surface area (Å²) in [5.41, 5.74) is 5.70. The Morgan fingerprint density at radius 1 is 1.26 bits per heavy atom. The van der Waals surface area contributed by atoms with E-state index in [4.69, 9.17) is 15.2 Å². The summed E-state index contributed by atoms with van der Waals surface area (Å²) in [5, 5.41) is 0. The SMILES string of the molecule is COC1(c2ccccc2)CCN(C(=O)OC(C)(C)C)C(C)(N)C1. The van der Waals surface area contributed by atoms with Crippen molar-refractivity contribution in [3.63, 3.8) is 0 Å². The minimum Gasteiger partial charge on any atom is -0.444 e. The van der Waals surface area contributed by atoms with Gasteiger partial charge in [0, 0.05) is 20.1 Å². The van der Waals surface area contributed by atoms with Crippen LogP contribution in [-0.2, 0) is 15.1 Å². The van der Waals surface area contributed by atoms with Gasteiger partial charge in [0.2, 0.25) is 0 Å². The van der Waals surface area contributed by atoms with Crippen LogP contribution in [0.4, 0.5) is 4.79 Å². The minimum absolute atomic E-state index is 0.375. The molecule has 2 unspecified atom stereocenters. The van der Waals surface area contributed by atoms with E-state index in [0.717, 1.165) is 5.56 Å². The third-order valence-electron chi connectivity index (χ3n) is 4.30. The highest BCUT2D eigenvalue weighted by atomic mass is 16.6. The summed E-state index contributed by atoms with van der Waals surface area (Å²) in [4.78, 5) is 14.1. The van der Waals surface area contributed by atoms with Gasteiger partial charge in [-0.05, 0) is 39.7 Å². The maximum atomic E-state index is 12.4. The predicted octanol–water partition coefficient (Wildman–Crippen LogP) is 3.23. The fourth-order valence-electron chi connectivity index (χ4n) is 3.21. The van der Waals surface area contributed by atoms with E-state index in [1.54, 1.807) is 12.0 Å². The summed E-state index contributed by atoms with van der Waals surface area (Å²) in [7, 11) is 1.70. The second-order valence-electron chi connectivity index (χ2n) is 7.48. The van der Waals surface area contributed by atoms with Crippen LogP contribution < -0.4 is 5.73 Å². The molecule has 1 amide bonds. The minimum atomic E-state index is -0.841. The largest absolute Gasteiger partial charge is 0.444 e. The van der Waals surface area contributed by atoms with Gasteiger partial charge in [-0.1, -0.05) is 30.3 Å². The molecule has 1 aromatic rings. The molecule has 0 spiro atoms. The molecule has 0 aliphatic carbocycles. The van der Waals surface area contributed by atoms with E-state index >= 15 is 0 Å². The van der Waals surface area contributed by atoms with Gasteiger partial charge < -0.3 is 15.2 Å². The first-order chi connectivity index (χ1) is 10.6. The Morgan fingerprint density at radius 2 is 1.87 bits per heavy atom. The normalized spacial score (nSPS) is 28.5. The third-order valence-corrected chi connectivity index (χ3v) is 4.30. The molecule has 0 radical (unpaired) electrons. The number of hydrogen-bond acceptors (Lipinski definition) is 4. The quantitative estimate of drug-likeness (QED) is 0.908. The van der Waals surface area contributed by atoms with Crippen molar-refractivity contribution in [2.24, 2.45) is 5.73 Å². The number of nitrogens with zero attached hydrogens (tertiary/aromatic N) is 1. The van der Waals surface area contributed by atoms with E-state index < -0.39 is 16.9 Å². The van der Waals surface area contributed by atoms with Crippen LogP contribution in [0.5, 0.6) is 0 Å². The topological polar surface area (TPSA) is 64.8 Å². The number of carbonyl (C=O) groups is 1. The number of nitrogens with two attached hydrogens (primary N) is 1. The molecule has 5 nitrogen and oxygen atoms in total. The average Bonchev–Trinajstić information content (AvgIpc) is 2.45. The molecule has 1 fully saturated rings. The molecule has 1 aliphatic heterocycles. The number of rotatable bonds is 2. The van der Waals surface area contributed by atoms with Crippen molar-refractivity contribution < 1.29 is 14.3 Å². The maximum Gasteiger partial charge on any atom is 0.411 e. The first-order valence-corrected chi connectivity index (χ1v) is 8.00. The van der Waals surface area contributed by atoms with Crippen molar-refractivity contribution in [1.82, 2.24) is 4.90 Å². The number of methoxy groups -OCH3 is 1. The molecule has 0 saturated carbocycles. The van der Waals surface area contributed by atoms with Gasteiger partial charge in [0.25, 0.3) is 0 Å². The Bertz CT molecular complexity index is 551. The summed E-state index contributed by atoms with van der Waals surface area (Å²) < 4.78 is 11.4. The van der Waals surface area contributed by atoms with Gasteiger partial charge in [0.15, 0.2) is 0 Å². The lowest BCUT2D eigenvalue weighted by molar-refractivity contribution is -0.108. The average molecular weight is 320 g/mol. The fourth-order valence-corrected chi connectivity index (χ4v) is 3.21. The number of benzene rings is 1. The van der Waals surface area contributed by atoms with Gasteiger partial charge in [0.1, 0.15) is 5.60 Å². The van der Waals surface area contributed by atoms with E-state index in [9.17, 15) is 4.79 Å². The molecule has 2 rings (SSSR count). The maximum absolute atomic E-state index is 12.4. The molecule has 1 aromatic carbocycles. The number of piperidine rings is 1. The van der Waals surface area contributed by atoms with Gasteiger partial charge in [0.05, 0.1) is 11.3 Å². The summed E-state index contributed by atoms with van der Waals surface area (Å²) >= 11 is 0. The smallest absolute Gasteiger partial charge is 0.411 e. The summed E-state index contributed by atoms with van der Waals surface area (Å²) in [6, 6.07) is 10.0. The number of likely N-dealkylation sites (tertiary alicyclic amines) is 1. The molecule has 0 aromatic heterocycles. The van der Waals surface area contributed by atoms with Crippen LogP contribution in [0.3, 0.4) is 0 Å². The van der Waals surface area contributed by atoms with E-state index in [1.165, 1.54) is 0 Å². The molecule has 1 aliphatic rings.